The monoisotopic (exact) mass is 428 g/mol. The molecule has 0 saturated carbocycles. The van der Waals surface area contributed by atoms with Gasteiger partial charge in [-0.1, -0.05) is 50.3 Å². The van der Waals surface area contributed by atoms with Crippen molar-refractivity contribution < 1.29 is 9.47 Å². The van der Waals surface area contributed by atoms with Crippen molar-refractivity contribution in [2.45, 2.75) is 77.4 Å². The third-order valence-electron chi connectivity index (χ3n) is 6.47. The lowest BCUT2D eigenvalue weighted by Crippen LogP contribution is -2.15. The van der Waals surface area contributed by atoms with Gasteiger partial charge in [0.25, 0.3) is 0 Å². The molecule has 2 aromatic carbocycles. The molecule has 32 heavy (non-hydrogen) atoms. The van der Waals surface area contributed by atoms with Gasteiger partial charge in [0.15, 0.2) is 0 Å². The van der Waals surface area contributed by atoms with Gasteiger partial charge < -0.3 is 9.47 Å². The summed E-state index contributed by atoms with van der Waals surface area (Å²) in [6.45, 7) is 4.49. The Morgan fingerprint density at radius 1 is 0.656 bits per heavy atom. The van der Waals surface area contributed by atoms with Gasteiger partial charge in [0.05, 0.1) is 0 Å². The van der Waals surface area contributed by atoms with Gasteiger partial charge in [-0.05, 0) is 110 Å². The van der Waals surface area contributed by atoms with E-state index in [4.69, 9.17) is 9.47 Å². The largest absolute Gasteiger partial charge is 0.486 e. The van der Waals surface area contributed by atoms with Gasteiger partial charge in [0.1, 0.15) is 23.7 Å². The fourth-order valence-corrected chi connectivity index (χ4v) is 4.76. The second kappa shape index (κ2) is 11.2. The van der Waals surface area contributed by atoms with E-state index in [9.17, 15) is 0 Å². The smallest absolute Gasteiger partial charge is 0.120 e. The molecule has 2 aromatic rings. The molecule has 2 nitrogen and oxygen atoms in total. The van der Waals surface area contributed by atoms with Crippen LogP contribution in [0.4, 0.5) is 0 Å². The highest BCUT2D eigenvalue weighted by atomic mass is 16.5. The number of benzene rings is 2. The summed E-state index contributed by atoms with van der Waals surface area (Å²) in [5.41, 5.74) is 5.37. The van der Waals surface area contributed by atoms with Crippen molar-refractivity contribution in [1.29, 1.82) is 0 Å². The van der Waals surface area contributed by atoms with Crippen LogP contribution in [0.3, 0.4) is 0 Å². The second-order valence-electron chi connectivity index (χ2n) is 8.74. The van der Waals surface area contributed by atoms with Crippen LogP contribution in [0.15, 0.2) is 72.8 Å². The number of hydrogen-bond acceptors (Lipinski definition) is 2. The molecule has 0 aliphatic heterocycles. The normalized spacial score (nSPS) is 21.2. The molecule has 0 radical (unpaired) electrons. The van der Waals surface area contributed by atoms with Crippen LogP contribution in [0, 0.1) is 0 Å². The summed E-state index contributed by atoms with van der Waals surface area (Å²) in [6.07, 6.45) is 18.3. The Morgan fingerprint density at radius 2 is 1.06 bits per heavy atom. The number of allylic oxidation sites excluding steroid dienone is 4. The summed E-state index contributed by atoms with van der Waals surface area (Å²) in [7, 11) is 0. The van der Waals surface area contributed by atoms with Gasteiger partial charge in [-0.25, -0.2) is 0 Å². The molecule has 0 N–H and O–H groups in total. The average Bonchev–Trinajstić information content (AvgIpc) is 2.85. The topological polar surface area (TPSA) is 18.5 Å². The molecule has 2 unspecified atom stereocenters. The zero-order valence-corrected chi connectivity index (χ0v) is 19.6. The Balaban J connectivity index is 1.50. The first-order chi connectivity index (χ1) is 15.8. The van der Waals surface area contributed by atoms with Gasteiger partial charge in [-0.3, -0.25) is 0 Å². The molecule has 2 aliphatic carbocycles. The van der Waals surface area contributed by atoms with Crippen LogP contribution in [-0.4, -0.2) is 12.2 Å². The molecule has 0 aromatic heterocycles. The third kappa shape index (κ3) is 5.73. The van der Waals surface area contributed by atoms with Crippen LogP contribution in [0.1, 0.15) is 76.3 Å². The Labute approximate surface area is 193 Å². The molecule has 2 heteroatoms. The zero-order chi connectivity index (χ0) is 22.2. The molecule has 0 spiro atoms. The standard InChI is InChI=1S/C30H36O2/c1-3-29(23-15-19-27(20-16-23)31-25-11-7-5-8-12-25)30(4-2)24-17-21-28(22-18-24)32-26-13-9-6-10-14-26/h7,9,11,13,15-22,25-26H,3-6,8,10,12,14H2,1-2H3/b30-29-. The van der Waals surface area contributed by atoms with Crippen LogP contribution < -0.4 is 9.47 Å². The van der Waals surface area contributed by atoms with Gasteiger partial charge in [0, 0.05) is 0 Å². The fraction of sp³-hybridized carbons (Fsp3) is 0.400. The van der Waals surface area contributed by atoms with E-state index in [2.05, 4.69) is 86.7 Å². The molecule has 0 saturated heterocycles. The summed E-state index contributed by atoms with van der Waals surface area (Å²) in [5.74, 6) is 1.91. The molecular formula is C30H36O2. The molecule has 0 amide bonds. The number of rotatable bonds is 8. The van der Waals surface area contributed by atoms with Crippen molar-refractivity contribution in [3.8, 4) is 11.5 Å². The van der Waals surface area contributed by atoms with Crippen molar-refractivity contribution >= 4 is 11.1 Å². The summed E-state index contributed by atoms with van der Waals surface area (Å²) < 4.78 is 12.3. The number of ether oxygens (including phenoxy) is 2. The van der Waals surface area contributed by atoms with Crippen molar-refractivity contribution in [2.24, 2.45) is 0 Å². The molecular weight excluding hydrogens is 392 g/mol. The minimum atomic E-state index is 0.215. The first-order valence-electron chi connectivity index (χ1n) is 12.4. The third-order valence-corrected chi connectivity index (χ3v) is 6.47. The average molecular weight is 429 g/mol. The van der Waals surface area contributed by atoms with Crippen LogP contribution in [-0.2, 0) is 0 Å². The molecule has 0 heterocycles. The molecule has 2 atom stereocenters. The van der Waals surface area contributed by atoms with E-state index >= 15 is 0 Å². The molecule has 0 fully saturated rings. The lowest BCUT2D eigenvalue weighted by molar-refractivity contribution is 0.229. The summed E-state index contributed by atoms with van der Waals surface area (Å²) in [4.78, 5) is 0. The maximum atomic E-state index is 6.15. The first-order valence-corrected chi connectivity index (χ1v) is 12.4. The van der Waals surface area contributed by atoms with Crippen molar-refractivity contribution in [1.82, 2.24) is 0 Å². The minimum Gasteiger partial charge on any atom is -0.486 e. The van der Waals surface area contributed by atoms with Crippen LogP contribution in [0.25, 0.3) is 11.1 Å². The molecule has 4 rings (SSSR count). The van der Waals surface area contributed by atoms with E-state index < -0.39 is 0 Å². The molecule has 0 bridgehead atoms. The summed E-state index contributed by atoms with van der Waals surface area (Å²) in [5, 5.41) is 0. The lowest BCUT2D eigenvalue weighted by Gasteiger charge is -2.20. The second-order valence-corrected chi connectivity index (χ2v) is 8.74. The fourth-order valence-electron chi connectivity index (χ4n) is 4.76. The van der Waals surface area contributed by atoms with Crippen LogP contribution >= 0.6 is 0 Å². The summed E-state index contributed by atoms with van der Waals surface area (Å²) in [6, 6.07) is 17.3. The van der Waals surface area contributed by atoms with Crippen LogP contribution in [0.2, 0.25) is 0 Å². The van der Waals surface area contributed by atoms with E-state index in [0.29, 0.717) is 0 Å². The first kappa shape index (κ1) is 22.5. The van der Waals surface area contributed by atoms with Crippen molar-refractivity contribution in [3.63, 3.8) is 0 Å². The van der Waals surface area contributed by atoms with E-state index in [0.717, 1.165) is 37.2 Å². The molecule has 2 aliphatic rings. The van der Waals surface area contributed by atoms with Crippen molar-refractivity contribution in [3.05, 3.63) is 84.0 Å². The number of hydrogen-bond donors (Lipinski definition) is 0. The maximum Gasteiger partial charge on any atom is 0.120 e. The highest BCUT2D eigenvalue weighted by molar-refractivity contribution is 5.90. The van der Waals surface area contributed by atoms with Crippen molar-refractivity contribution in [2.75, 3.05) is 0 Å². The minimum absolute atomic E-state index is 0.215. The van der Waals surface area contributed by atoms with Gasteiger partial charge >= 0.3 is 0 Å². The Kier molecular flexibility index (Phi) is 7.87. The molecule has 168 valence electrons. The summed E-state index contributed by atoms with van der Waals surface area (Å²) >= 11 is 0. The maximum absolute atomic E-state index is 6.15. The lowest BCUT2D eigenvalue weighted by atomic mass is 9.91. The zero-order valence-electron chi connectivity index (χ0n) is 19.6. The predicted octanol–water partition coefficient (Wildman–Crippen LogP) is 8.39. The Morgan fingerprint density at radius 3 is 1.38 bits per heavy atom. The van der Waals surface area contributed by atoms with E-state index in [1.54, 1.807) is 0 Å². The Bertz CT molecular complexity index is 868. The predicted molar refractivity (Wildman–Crippen MR) is 135 cm³/mol. The highest BCUT2D eigenvalue weighted by Gasteiger charge is 2.13. The SMILES string of the molecule is CC/C(=C(\CC)c1ccc(OC2C=CCCC2)cc1)c1ccc(OC2C=CCCC2)cc1. The van der Waals surface area contributed by atoms with Crippen LogP contribution in [0.5, 0.6) is 11.5 Å². The van der Waals surface area contributed by atoms with E-state index in [1.807, 2.05) is 0 Å². The van der Waals surface area contributed by atoms with Gasteiger partial charge in [0.2, 0.25) is 0 Å². The quantitative estimate of drug-likeness (QED) is 0.310. The highest BCUT2D eigenvalue weighted by Crippen LogP contribution is 2.33. The van der Waals surface area contributed by atoms with Gasteiger partial charge in [-0.15, -0.1) is 0 Å². The Hall–Kier alpha value is -2.74. The van der Waals surface area contributed by atoms with Gasteiger partial charge in [-0.2, -0.15) is 0 Å². The van der Waals surface area contributed by atoms with E-state index in [1.165, 1.54) is 48.0 Å². The van der Waals surface area contributed by atoms with E-state index in [-0.39, 0.29) is 12.2 Å².